The Morgan fingerprint density at radius 1 is 1.21 bits per heavy atom. The van der Waals surface area contributed by atoms with Crippen LogP contribution in [0.4, 0.5) is 0 Å². The molecule has 12 heteroatoms. The average Bonchev–Trinajstić information content (AvgIpc) is 3.69. The second-order valence-corrected chi connectivity index (χ2v) is 11.5. The molecule has 4 aromatic rings. The van der Waals surface area contributed by atoms with Gasteiger partial charge < -0.3 is 25.2 Å². The fourth-order valence-corrected chi connectivity index (χ4v) is 5.93. The van der Waals surface area contributed by atoms with Crippen molar-refractivity contribution in [2.45, 2.75) is 44.4 Å². The molecular weight excluding hydrogens is 536 g/mol. The Morgan fingerprint density at radius 2 is 2.07 bits per heavy atom. The molecule has 4 atom stereocenters. The Hall–Kier alpha value is -4.60. The molecule has 0 radical (unpaired) electrons. The second kappa shape index (κ2) is 11.0. The number of nitrogens with one attached hydrogen (secondary N) is 2. The Balaban J connectivity index is 1.19. The first-order valence-corrected chi connectivity index (χ1v) is 13.9. The van der Waals surface area contributed by atoms with E-state index in [9.17, 15) is 15.2 Å². The summed E-state index contributed by atoms with van der Waals surface area (Å²) in [6, 6.07) is 7.46. The van der Waals surface area contributed by atoms with E-state index in [4.69, 9.17) is 19.4 Å². The van der Waals surface area contributed by atoms with Gasteiger partial charge >= 0.3 is 0 Å². The van der Waals surface area contributed by atoms with Gasteiger partial charge in [0.25, 0.3) is 5.91 Å². The van der Waals surface area contributed by atoms with Crippen LogP contribution in [-0.2, 0) is 0 Å². The first-order valence-electron chi connectivity index (χ1n) is 13.9. The predicted octanol–water partition coefficient (Wildman–Crippen LogP) is 2.69. The SMILES string of the molecule is COc1ccc(C(=O)N[C@@H]2C[C@H]3CN[C@@H](c4cnc(-c5cc(OCC(C)(C)O)cn6ncc(C#N)c56)cn4)[C@@H]3C2)cn1. The van der Waals surface area contributed by atoms with Crippen molar-refractivity contribution in [2.75, 3.05) is 20.3 Å². The molecule has 1 amide bonds. The number of aliphatic hydroxyl groups is 1. The van der Waals surface area contributed by atoms with Crippen LogP contribution in [0, 0.1) is 23.2 Å². The summed E-state index contributed by atoms with van der Waals surface area (Å²) in [5.74, 6) is 1.55. The quantitative estimate of drug-likeness (QED) is 0.288. The Bertz CT molecular complexity index is 1640. The van der Waals surface area contributed by atoms with Crippen LogP contribution in [0.2, 0.25) is 0 Å². The molecule has 0 bridgehead atoms. The number of rotatable bonds is 8. The highest BCUT2D eigenvalue weighted by Gasteiger charge is 2.44. The number of carbonyl (C=O) groups excluding carboxylic acids is 1. The van der Waals surface area contributed by atoms with Crippen molar-refractivity contribution in [1.29, 1.82) is 5.26 Å². The summed E-state index contributed by atoms with van der Waals surface area (Å²) in [7, 11) is 1.54. The fourth-order valence-electron chi connectivity index (χ4n) is 5.93. The number of pyridine rings is 2. The summed E-state index contributed by atoms with van der Waals surface area (Å²) in [5.41, 5.74) is 2.58. The minimum Gasteiger partial charge on any atom is -0.489 e. The van der Waals surface area contributed by atoms with Gasteiger partial charge in [0.05, 0.1) is 71.6 Å². The average molecular weight is 569 g/mol. The maximum Gasteiger partial charge on any atom is 0.253 e. The largest absolute Gasteiger partial charge is 0.489 e. The van der Waals surface area contributed by atoms with Gasteiger partial charge in [-0.25, -0.2) is 9.50 Å². The van der Waals surface area contributed by atoms with Crippen LogP contribution in [0.5, 0.6) is 11.6 Å². The molecule has 1 aliphatic carbocycles. The van der Waals surface area contributed by atoms with E-state index in [1.165, 1.54) is 12.4 Å². The van der Waals surface area contributed by atoms with E-state index in [0.29, 0.717) is 51.4 Å². The first-order chi connectivity index (χ1) is 20.2. The molecule has 4 aromatic heterocycles. The van der Waals surface area contributed by atoms with Crippen molar-refractivity contribution < 1.29 is 19.4 Å². The molecule has 5 heterocycles. The molecule has 1 aliphatic heterocycles. The highest BCUT2D eigenvalue weighted by Crippen LogP contribution is 2.44. The van der Waals surface area contributed by atoms with Crippen LogP contribution in [0.3, 0.4) is 0 Å². The van der Waals surface area contributed by atoms with Gasteiger partial charge in [-0.1, -0.05) is 0 Å². The highest BCUT2D eigenvalue weighted by atomic mass is 16.5. The first kappa shape index (κ1) is 27.6. The molecule has 42 heavy (non-hydrogen) atoms. The van der Waals surface area contributed by atoms with Crippen molar-refractivity contribution in [2.24, 2.45) is 11.8 Å². The monoisotopic (exact) mass is 568 g/mol. The lowest BCUT2D eigenvalue weighted by atomic mass is 9.92. The molecule has 1 saturated carbocycles. The third-order valence-electron chi connectivity index (χ3n) is 7.89. The molecule has 2 fully saturated rings. The minimum absolute atomic E-state index is 0.0206. The predicted molar refractivity (Wildman–Crippen MR) is 152 cm³/mol. The lowest BCUT2D eigenvalue weighted by Crippen LogP contribution is -2.34. The smallest absolute Gasteiger partial charge is 0.253 e. The third kappa shape index (κ3) is 5.48. The number of nitrogens with zero attached hydrogens (tertiary/aromatic N) is 6. The number of aromatic nitrogens is 5. The van der Waals surface area contributed by atoms with Crippen molar-refractivity contribution in [1.82, 2.24) is 35.2 Å². The number of ether oxygens (including phenoxy) is 2. The van der Waals surface area contributed by atoms with Crippen LogP contribution < -0.4 is 20.1 Å². The highest BCUT2D eigenvalue weighted by molar-refractivity contribution is 5.94. The molecule has 216 valence electrons. The Morgan fingerprint density at radius 3 is 2.76 bits per heavy atom. The van der Waals surface area contributed by atoms with Crippen LogP contribution in [0.1, 0.15) is 54.3 Å². The number of hydrogen-bond acceptors (Lipinski definition) is 10. The van der Waals surface area contributed by atoms with E-state index in [1.54, 1.807) is 62.3 Å². The lowest BCUT2D eigenvalue weighted by molar-refractivity contribution is 0.0283. The molecule has 0 aromatic carbocycles. The molecule has 0 spiro atoms. The number of amides is 1. The summed E-state index contributed by atoms with van der Waals surface area (Å²) in [5, 5.41) is 30.8. The van der Waals surface area contributed by atoms with Crippen LogP contribution in [-0.4, -0.2) is 67.5 Å². The molecule has 1 saturated heterocycles. The van der Waals surface area contributed by atoms with Crippen LogP contribution in [0.15, 0.2) is 49.2 Å². The number of fused-ring (bicyclic) bond motifs is 2. The minimum atomic E-state index is -1.01. The molecule has 0 unspecified atom stereocenters. The summed E-state index contributed by atoms with van der Waals surface area (Å²) >= 11 is 0. The van der Waals surface area contributed by atoms with Crippen LogP contribution >= 0.6 is 0 Å². The van der Waals surface area contributed by atoms with Gasteiger partial charge in [-0.3, -0.25) is 14.8 Å². The van der Waals surface area contributed by atoms with Gasteiger partial charge in [-0.2, -0.15) is 10.4 Å². The second-order valence-electron chi connectivity index (χ2n) is 11.5. The molecular formula is C30H32N8O4. The third-order valence-corrected chi connectivity index (χ3v) is 7.89. The van der Waals surface area contributed by atoms with Crippen molar-refractivity contribution in [3.05, 3.63) is 66.0 Å². The summed E-state index contributed by atoms with van der Waals surface area (Å²) in [6.07, 6.45) is 9.91. The van der Waals surface area contributed by atoms with Crippen molar-refractivity contribution in [3.8, 4) is 29.0 Å². The van der Waals surface area contributed by atoms with Crippen molar-refractivity contribution in [3.63, 3.8) is 0 Å². The Labute approximate surface area is 242 Å². The van der Waals surface area contributed by atoms with Crippen LogP contribution in [0.25, 0.3) is 16.8 Å². The summed E-state index contributed by atoms with van der Waals surface area (Å²) in [6.45, 7) is 4.26. The normalized spacial score (nSPS) is 21.6. The number of hydrogen-bond donors (Lipinski definition) is 3. The van der Waals surface area contributed by atoms with E-state index in [-0.39, 0.29) is 24.6 Å². The lowest BCUT2D eigenvalue weighted by Gasteiger charge is -2.20. The zero-order valence-electron chi connectivity index (χ0n) is 23.6. The fraction of sp³-hybridized carbons (Fsp3) is 0.400. The Kier molecular flexibility index (Phi) is 7.22. The van der Waals surface area contributed by atoms with E-state index >= 15 is 0 Å². The molecule has 12 nitrogen and oxygen atoms in total. The molecule has 6 rings (SSSR count). The van der Waals surface area contributed by atoms with Gasteiger partial charge in [-0.05, 0) is 57.2 Å². The van der Waals surface area contributed by atoms with Gasteiger partial charge in [0.15, 0.2) is 0 Å². The number of carbonyl (C=O) groups is 1. The summed E-state index contributed by atoms with van der Waals surface area (Å²) in [4.78, 5) is 26.5. The van der Waals surface area contributed by atoms with Crippen molar-refractivity contribution >= 4 is 11.4 Å². The van der Waals surface area contributed by atoms with E-state index in [0.717, 1.165) is 25.1 Å². The van der Waals surface area contributed by atoms with E-state index in [1.807, 2.05) is 0 Å². The van der Waals surface area contributed by atoms with Gasteiger partial charge in [0, 0.05) is 23.9 Å². The maximum atomic E-state index is 12.8. The van der Waals surface area contributed by atoms with Gasteiger partial charge in [-0.15, -0.1) is 0 Å². The zero-order chi connectivity index (χ0) is 29.4. The number of methoxy groups -OCH3 is 1. The van der Waals surface area contributed by atoms with E-state index in [2.05, 4.69) is 26.8 Å². The van der Waals surface area contributed by atoms with Gasteiger partial charge in [0.2, 0.25) is 5.88 Å². The summed E-state index contributed by atoms with van der Waals surface area (Å²) < 4.78 is 12.5. The topological polar surface area (TPSA) is 160 Å². The maximum absolute atomic E-state index is 12.8. The van der Waals surface area contributed by atoms with Gasteiger partial charge in [0.1, 0.15) is 18.4 Å². The standard InChI is InChI=1S/C30H32N8O4/c1-30(2,40)16-42-21-8-23(28-19(9-31)12-36-38(28)15-21)24-13-33-25(14-32-24)27-22-7-20(6-18(22)11-35-27)37-29(39)17-4-5-26(41-3)34-10-17/h4-5,8,10,12-15,18,20,22,27,35,40H,6-7,11,16H2,1-3H3,(H,37,39)/t18-,20+,22+,27+/m0/s1. The molecule has 2 aliphatic rings. The van der Waals surface area contributed by atoms with E-state index < -0.39 is 5.60 Å². The zero-order valence-corrected chi connectivity index (χ0v) is 23.6. The number of nitriles is 1. The molecule has 3 N–H and O–H groups in total.